The van der Waals surface area contributed by atoms with E-state index in [1.54, 1.807) is 30.3 Å². The molecule has 1 amide bonds. The number of nitrogens with zero attached hydrogens (tertiary/aromatic N) is 1. The van der Waals surface area contributed by atoms with Gasteiger partial charge in [0.2, 0.25) is 5.91 Å². The number of fused-ring (bicyclic) bond motifs is 1. The zero-order valence-electron chi connectivity index (χ0n) is 12.2. The van der Waals surface area contributed by atoms with Gasteiger partial charge in [-0.1, -0.05) is 41.9 Å². The fourth-order valence-corrected chi connectivity index (χ4v) is 2.80. The van der Waals surface area contributed by atoms with Gasteiger partial charge >= 0.3 is 5.97 Å². The van der Waals surface area contributed by atoms with Gasteiger partial charge in [0.1, 0.15) is 5.82 Å². The number of hydrogen-bond acceptors (Lipinski definition) is 3. The molecular formula is C17H11ClFNO4. The van der Waals surface area contributed by atoms with E-state index in [9.17, 15) is 23.9 Å². The lowest BCUT2D eigenvalue weighted by molar-refractivity contribution is -0.144. The van der Waals surface area contributed by atoms with Crippen molar-refractivity contribution in [1.29, 1.82) is 0 Å². The molecule has 5 nitrogen and oxygen atoms in total. The van der Waals surface area contributed by atoms with Crippen LogP contribution in [0, 0.1) is 11.7 Å². The first-order chi connectivity index (χ1) is 11.4. The summed E-state index contributed by atoms with van der Waals surface area (Å²) in [5.41, 5.74) is 0.674. The van der Waals surface area contributed by atoms with E-state index >= 15 is 0 Å². The van der Waals surface area contributed by atoms with E-state index < -0.39 is 29.4 Å². The SMILES string of the molecule is O=C(O)C1C(=O)c2cc(F)c(Cl)cc2N(Cc2ccccc2)C1=O. The van der Waals surface area contributed by atoms with Gasteiger partial charge in [0.25, 0.3) is 0 Å². The van der Waals surface area contributed by atoms with Gasteiger partial charge in [-0.25, -0.2) is 4.39 Å². The Morgan fingerprint density at radius 1 is 1.21 bits per heavy atom. The number of benzene rings is 2. The van der Waals surface area contributed by atoms with E-state index in [1.807, 2.05) is 0 Å². The Hall–Kier alpha value is -2.73. The molecule has 0 aromatic heterocycles. The Balaban J connectivity index is 2.14. The molecule has 2 aromatic carbocycles. The minimum absolute atomic E-state index is 0.0473. The van der Waals surface area contributed by atoms with Crippen molar-refractivity contribution in [2.45, 2.75) is 6.54 Å². The standard InChI is InChI=1S/C17H11ClFNO4/c18-11-7-13-10(6-12(11)19)15(21)14(17(23)24)16(22)20(13)8-9-4-2-1-3-5-9/h1-7,14H,8H2,(H,23,24). The smallest absolute Gasteiger partial charge is 0.324 e. The van der Waals surface area contributed by atoms with Crippen molar-refractivity contribution in [1.82, 2.24) is 0 Å². The van der Waals surface area contributed by atoms with Crippen LogP contribution in [0.2, 0.25) is 5.02 Å². The second kappa shape index (κ2) is 6.05. The minimum atomic E-state index is -1.89. The third-order valence-electron chi connectivity index (χ3n) is 3.80. The van der Waals surface area contributed by atoms with Crippen LogP contribution in [-0.4, -0.2) is 22.8 Å². The quantitative estimate of drug-likeness (QED) is 0.866. The zero-order valence-corrected chi connectivity index (χ0v) is 13.0. The molecule has 0 saturated carbocycles. The fraction of sp³-hybridized carbons (Fsp3) is 0.118. The topological polar surface area (TPSA) is 74.7 Å². The van der Waals surface area contributed by atoms with Crippen molar-refractivity contribution in [2.75, 3.05) is 4.90 Å². The maximum atomic E-state index is 13.7. The number of anilines is 1. The third kappa shape index (κ3) is 2.65. The van der Waals surface area contributed by atoms with Gasteiger partial charge < -0.3 is 10.0 Å². The zero-order chi connectivity index (χ0) is 17.4. The molecule has 0 spiro atoms. The van der Waals surface area contributed by atoms with Crippen molar-refractivity contribution in [2.24, 2.45) is 5.92 Å². The lowest BCUT2D eigenvalue weighted by atomic mass is 9.89. The average Bonchev–Trinajstić information content (AvgIpc) is 2.54. The van der Waals surface area contributed by atoms with E-state index in [2.05, 4.69) is 0 Å². The maximum Gasteiger partial charge on any atom is 0.324 e. The predicted octanol–water partition coefficient (Wildman–Crippen LogP) is 2.91. The normalized spacial score (nSPS) is 16.9. The number of Topliss-reactive ketones (excluding diaryl/α,β-unsaturated/α-hetero) is 1. The summed E-state index contributed by atoms with van der Waals surface area (Å²) in [6.07, 6.45) is 0. The van der Waals surface area contributed by atoms with Gasteiger partial charge in [0, 0.05) is 5.56 Å². The van der Waals surface area contributed by atoms with Crippen molar-refractivity contribution >= 4 is 34.9 Å². The number of carbonyl (C=O) groups excluding carboxylic acids is 2. The highest BCUT2D eigenvalue weighted by molar-refractivity contribution is 6.33. The Morgan fingerprint density at radius 3 is 2.50 bits per heavy atom. The highest BCUT2D eigenvalue weighted by atomic mass is 35.5. The molecule has 1 unspecified atom stereocenters. The molecular weight excluding hydrogens is 337 g/mol. The molecule has 1 N–H and O–H groups in total. The van der Waals surface area contributed by atoms with Crippen molar-refractivity contribution in [3.05, 3.63) is 64.4 Å². The van der Waals surface area contributed by atoms with Crippen LogP contribution >= 0.6 is 11.6 Å². The van der Waals surface area contributed by atoms with E-state index in [1.165, 1.54) is 6.07 Å². The molecule has 2 aromatic rings. The fourth-order valence-electron chi connectivity index (χ4n) is 2.65. The van der Waals surface area contributed by atoms with Gasteiger partial charge in [-0.2, -0.15) is 0 Å². The first kappa shape index (κ1) is 16.1. The summed E-state index contributed by atoms with van der Waals surface area (Å²) in [7, 11) is 0. The number of ketones is 1. The largest absolute Gasteiger partial charge is 0.480 e. The minimum Gasteiger partial charge on any atom is -0.480 e. The number of carbonyl (C=O) groups is 3. The molecule has 0 aliphatic carbocycles. The molecule has 3 rings (SSSR count). The average molecular weight is 348 g/mol. The van der Waals surface area contributed by atoms with Crippen molar-refractivity contribution in [3.8, 4) is 0 Å². The second-order valence-electron chi connectivity index (χ2n) is 5.33. The molecule has 0 fully saturated rings. The Kier molecular flexibility index (Phi) is 4.07. The summed E-state index contributed by atoms with van der Waals surface area (Å²) in [4.78, 5) is 37.3. The Bertz CT molecular complexity index is 853. The summed E-state index contributed by atoms with van der Waals surface area (Å²) in [6, 6.07) is 10.9. The van der Waals surface area contributed by atoms with Crippen LogP contribution in [-0.2, 0) is 16.1 Å². The van der Waals surface area contributed by atoms with E-state index in [0.717, 1.165) is 16.5 Å². The van der Waals surface area contributed by atoms with Crippen LogP contribution in [0.1, 0.15) is 15.9 Å². The van der Waals surface area contributed by atoms with Gasteiger partial charge in [-0.3, -0.25) is 14.4 Å². The molecule has 0 radical (unpaired) electrons. The van der Waals surface area contributed by atoms with Gasteiger partial charge in [0.05, 0.1) is 17.3 Å². The van der Waals surface area contributed by atoms with Crippen LogP contribution < -0.4 is 4.90 Å². The summed E-state index contributed by atoms with van der Waals surface area (Å²) < 4.78 is 13.7. The Labute approximate surface area is 141 Å². The van der Waals surface area contributed by atoms with E-state index in [0.29, 0.717) is 0 Å². The molecule has 1 aliphatic rings. The highest BCUT2D eigenvalue weighted by Crippen LogP contribution is 2.35. The molecule has 24 heavy (non-hydrogen) atoms. The molecule has 1 aliphatic heterocycles. The molecule has 0 saturated heterocycles. The van der Waals surface area contributed by atoms with E-state index in [4.69, 9.17) is 11.6 Å². The number of halogens is 2. The van der Waals surface area contributed by atoms with Crippen LogP contribution in [0.5, 0.6) is 0 Å². The Morgan fingerprint density at radius 2 is 1.88 bits per heavy atom. The summed E-state index contributed by atoms with van der Waals surface area (Å²) in [6.45, 7) is 0.0473. The molecule has 1 heterocycles. The highest BCUT2D eigenvalue weighted by Gasteiger charge is 2.44. The van der Waals surface area contributed by atoms with Crippen LogP contribution in [0.4, 0.5) is 10.1 Å². The number of amides is 1. The first-order valence-corrected chi connectivity index (χ1v) is 7.39. The molecule has 1 atom stereocenters. The molecule has 122 valence electrons. The second-order valence-corrected chi connectivity index (χ2v) is 5.74. The van der Waals surface area contributed by atoms with Gasteiger partial charge in [0.15, 0.2) is 11.7 Å². The lowest BCUT2D eigenvalue weighted by Crippen LogP contribution is -2.47. The van der Waals surface area contributed by atoms with Crippen molar-refractivity contribution in [3.63, 3.8) is 0 Å². The number of carboxylic acids is 1. The summed E-state index contributed by atoms with van der Waals surface area (Å²) in [5, 5.41) is 8.98. The number of rotatable bonds is 3. The monoisotopic (exact) mass is 347 g/mol. The first-order valence-electron chi connectivity index (χ1n) is 7.01. The van der Waals surface area contributed by atoms with Crippen LogP contribution in [0.15, 0.2) is 42.5 Å². The number of aliphatic carboxylic acids is 1. The summed E-state index contributed by atoms with van der Waals surface area (Å²) in [5.74, 6) is -6.11. The number of carboxylic acid groups (broad SMARTS) is 1. The van der Waals surface area contributed by atoms with Gasteiger partial charge in [-0.05, 0) is 17.7 Å². The summed E-state index contributed by atoms with van der Waals surface area (Å²) >= 11 is 5.77. The molecule has 0 bridgehead atoms. The number of hydrogen-bond donors (Lipinski definition) is 1. The predicted molar refractivity (Wildman–Crippen MR) is 84.5 cm³/mol. The molecule has 7 heteroatoms. The van der Waals surface area contributed by atoms with Crippen molar-refractivity contribution < 1.29 is 23.9 Å². The van der Waals surface area contributed by atoms with E-state index in [-0.39, 0.29) is 22.8 Å². The third-order valence-corrected chi connectivity index (χ3v) is 4.09. The lowest BCUT2D eigenvalue weighted by Gasteiger charge is -2.32. The van der Waals surface area contributed by atoms with Crippen LogP contribution in [0.25, 0.3) is 0 Å². The van der Waals surface area contributed by atoms with Gasteiger partial charge in [-0.15, -0.1) is 0 Å². The maximum absolute atomic E-state index is 13.7. The van der Waals surface area contributed by atoms with Crippen LogP contribution in [0.3, 0.4) is 0 Å².